The number of rotatable bonds is 8. The third-order valence-electron chi connectivity index (χ3n) is 4.69. The van der Waals surface area contributed by atoms with Crippen LogP contribution < -0.4 is 14.2 Å². The van der Waals surface area contributed by atoms with Gasteiger partial charge in [-0.25, -0.2) is 27.0 Å². The second kappa shape index (κ2) is 9.79. The van der Waals surface area contributed by atoms with E-state index in [9.17, 15) is 32.2 Å². The first-order valence-corrected chi connectivity index (χ1v) is 11.1. The molecule has 0 atom stereocenters. The van der Waals surface area contributed by atoms with Crippen LogP contribution >= 0.6 is 11.6 Å². The van der Waals surface area contributed by atoms with E-state index in [2.05, 4.69) is 4.98 Å². The number of carboxylic acids is 1. The molecular formula is C21H17ClF2N2O7S. The predicted octanol–water partition coefficient (Wildman–Crippen LogP) is 3.69. The molecule has 0 saturated carbocycles. The van der Waals surface area contributed by atoms with Gasteiger partial charge in [0.1, 0.15) is 16.5 Å². The Morgan fingerprint density at radius 2 is 1.79 bits per heavy atom. The van der Waals surface area contributed by atoms with E-state index in [1.165, 1.54) is 19.4 Å². The van der Waals surface area contributed by atoms with Crippen LogP contribution in [0.3, 0.4) is 0 Å². The van der Waals surface area contributed by atoms with Gasteiger partial charge in [0, 0.05) is 29.5 Å². The molecule has 1 aromatic heterocycles. The number of methoxy groups -OCH3 is 2. The molecule has 0 aliphatic carbocycles. The summed E-state index contributed by atoms with van der Waals surface area (Å²) in [5.41, 5.74) is -1.12. The quantitative estimate of drug-likeness (QED) is 0.414. The highest BCUT2D eigenvalue weighted by Gasteiger charge is 2.26. The van der Waals surface area contributed by atoms with E-state index in [0.717, 1.165) is 25.3 Å². The number of hydrogen-bond donors (Lipinski definition) is 3. The average molecular weight is 515 g/mol. The van der Waals surface area contributed by atoms with Gasteiger partial charge in [-0.1, -0.05) is 11.6 Å². The van der Waals surface area contributed by atoms with Gasteiger partial charge in [-0.05, 0) is 23.8 Å². The average Bonchev–Trinajstić information content (AvgIpc) is 2.79. The van der Waals surface area contributed by atoms with Gasteiger partial charge in [0.05, 0.1) is 37.1 Å². The number of pyridine rings is 1. The van der Waals surface area contributed by atoms with Gasteiger partial charge in [0.15, 0.2) is 5.75 Å². The highest BCUT2D eigenvalue weighted by Crippen LogP contribution is 2.36. The molecule has 0 saturated heterocycles. The number of halogens is 3. The van der Waals surface area contributed by atoms with Crippen molar-refractivity contribution in [1.82, 2.24) is 4.98 Å². The number of aromatic nitrogens is 1. The maximum atomic E-state index is 14.6. The van der Waals surface area contributed by atoms with Crippen molar-refractivity contribution in [3.63, 3.8) is 0 Å². The van der Waals surface area contributed by atoms with Crippen molar-refractivity contribution in [2.45, 2.75) is 11.5 Å². The number of carbonyl (C=O) groups is 1. The first-order chi connectivity index (χ1) is 16.0. The van der Waals surface area contributed by atoms with E-state index in [0.29, 0.717) is 6.07 Å². The lowest BCUT2D eigenvalue weighted by Crippen LogP contribution is -2.16. The Morgan fingerprint density at radius 1 is 1.09 bits per heavy atom. The summed E-state index contributed by atoms with van der Waals surface area (Å²) in [6.45, 7) is -0.538. The number of aliphatic hydroxyl groups excluding tert-OH is 1. The van der Waals surface area contributed by atoms with Crippen molar-refractivity contribution in [1.29, 1.82) is 0 Å². The summed E-state index contributed by atoms with van der Waals surface area (Å²) in [7, 11) is -2.21. The molecule has 0 spiro atoms. The topological polar surface area (TPSA) is 135 Å². The molecule has 13 heteroatoms. The molecule has 0 fully saturated rings. The zero-order valence-electron chi connectivity index (χ0n) is 17.6. The fourth-order valence-corrected chi connectivity index (χ4v) is 4.71. The van der Waals surface area contributed by atoms with E-state index >= 15 is 0 Å². The molecule has 0 aliphatic heterocycles. The van der Waals surface area contributed by atoms with E-state index < -0.39 is 50.4 Å². The molecule has 3 rings (SSSR count). The molecule has 0 unspecified atom stereocenters. The largest absolute Gasteiger partial charge is 0.494 e. The standard InChI is InChI=1S/C21H17ClF2N2O7S/c1-32-19-5-11(9-27)13(8-25-19)12-6-17(16(24)7-15(12)23)26-34(30,31)18-4-10(21(28)29)3-14(22)20(18)33-2/h3-8,26-27H,9H2,1-2H3,(H,28,29). The Bertz CT molecular complexity index is 1380. The Morgan fingerprint density at radius 3 is 2.38 bits per heavy atom. The molecule has 9 nitrogen and oxygen atoms in total. The number of carboxylic acid groups (broad SMARTS) is 1. The van der Waals surface area contributed by atoms with Crippen LogP contribution in [0.5, 0.6) is 11.6 Å². The van der Waals surface area contributed by atoms with Gasteiger partial charge < -0.3 is 19.7 Å². The predicted molar refractivity (Wildman–Crippen MR) is 118 cm³/mol. The minimum atomic E-state index is -4.67. The third-order valence-corrected chi connectivity index (χ3v) is 6.34. The summed E-state index contributed by atoms with van der Waals surface area (Å²) >= 11 is 5.96. The molecule has 180 valence electrons. The number of anilines is 1. The van der Waals surface area contributed by atoms with Gasteiger partial charge in [-0.15, -0.1) is 0 Å². The van der Waals surface area contributed by atoms with Crippen LogP contribution in [0, 0.1) is 11.6 Å². The number of benzene rings is 2. The summed E-state index contributed by atoms with van der Waals surface area (Å²) in [5, 5.41) is 18.6. The Hall–Kier alpha value is -3.48. The first-order valence-electron chi connectivity index (χ1n) is 9.29. The van der Waals surface area contributed by atoms with E-state index in [1.807, 2.05) is 4.72 Å². The fraction of sp³-hybridized carbons (Fsp3) is 0.143. The summed E-state index contributed by atoms with van der Waals surface area (Å²) in [5.74, 6) is -3.99. The number of aliphatic hydroxyl groups is 1. The number of nitrogens with one attached hydrogen (secondary N) is 1. The van der Waals surface area contributed by atoms with Crippen LogP contribution in [-0.2, 0) is 16.6 Å². The second-order valence-electron chi connectivity index (χ2n) is 6.75. The third kappa shape index (κ3) is 4.88. The van der Waals surface area contributed by atoms with Crippen LogP contribution in [0.4, 0.5) is 14.5 Å². The molecular weight excluding hydrogens is 498 g/mol. The SMILES string of the molecule is COc1cc(CO)c(-c2cc(NS(=O)(=O)c3cc(C(=O)O)cc(Cl)c3OC)c(F)cc2F)cn1. The molecule has 34 heavy (non-hydrogen) atoms. The highest BCUT2D eigenvalue weighted by molar-refractivity contribution is 7.92. The van der Waals surface area contributed by atoms with Crippen LogP contribution in [0.2, 0.25) is 5.02 Å². The Labute approximate surface area is 197 Å². The summed E-state index contributed by atoms with van der Waals surface area (Å²) in [6, 6.07) is 4.45. The van der Waals surface area contributed by atoms with Gasteiger partial charge in [0.2, 0.25) is 5.88 Å². The molecule has 2 aromatic carbocycles. The first kappa shape index (κ1) is 25.1. The maximum absolute atomic E-state index is 14.6. The number of aromatic carboxylic acids is 1. The van der Waals surface area contributed by atoms with Crippen molar-refractivity contribution in [2.24, 2.45) is 0 Å². The van der Waals surface area contributed by atoms with Crippen LogP contribution in [0.15, 0.2) is 41.4 Å². The molecule has 0 amide bonds. The number of hydrogen-bond acceptors (Lipinski definition) is 7. The summed E-state index contributed by atoms with van der Waals surface area (Å²) < 4.78 is 67.1. The van der Waals surface area contributed by atoms with Crippen molar-refractivity contribution < 1.29 is 41.7 Å². The minimum absolute atomic E-state index is 0.0646. The monoisotopic (exact) mass is 514 g/mol. The molecule has 3 N–H and O–H groups in total. The fourth-order valence-electron chi connectivity index (χ4n) is 3.08. The zero-order valence-corrected chi connectivity index (χ0v) is 19.2. The van der Waals surface area contributed by atoms with Gasteiger partial charge in [-0.2, -0.15) is 0 Å². The summed E-state index contributed by atoms with van der Waals surface area (Å²) in [4.78, 5) is 14.6. The Kier molecular flexibility index (Phi) is 7.24. The number of sulfonamides is 1. The van der Waals surface area contributed by atoms with Gasteiger partial charge >= 0.3 is 5.97 Å². The smallest absolute Gasteiger partial charge is 0.335 e. The van der Waals surface area contributed by atoms with Crippen LogP contribution in [-0.4, -0.2) is 43.8 Å². The van der Waals surface area contributed by atoms with E-state index in [4.69, 9.17) is 21.1 Å². The van der Waals surface area contributed by atoms with E-state index in [-0.39, 0.29) is 33.3 Å². The van der Waals surface area contributed by atoms with E-state index in [1.54, 1.807) is 0 Å². The minimum Gasteiger partial charge on any atom is -0.494 e. The van der Waals surface area contributed by atoms with Crippen molar-refractivity contribution in [3.8, 4) is 22.8 Å². The molecule has 3 aromatic rings. The van der Waals surface area contributed by atoms with Crippen molar-refractivity contribution in [2.75, 3.05) is 18.9 Å². The van der Waals surface area contributed by atoms with Crippen molar-refractivity contribution >= 4 is 33.3 Å². The lowest BCUT2D eigenvalue weighted by Gasteiger charge is -2.16. The van der Waals surface area contributed by atoms with Crippen LogP contribution in [0.1, 0.15) is 15.9 Å². The number of nitrogens with zero attached hydrogens (tertiary/aromatic N) is 1. The summed E-state index contributed by atoms with van der Waals surface area (Å²) in [6.07, 6.45) is 1.18. The normalized spacial score (nSPS) is 11.2. The zero-order chi connectivity index (χ0) is 25.2. The Balaban J connectivity index is 2.14. The van der Waals surface area contributed by atoms with Crippen LogP contribution in [0.25, 0.3) is 11.1 Å². The van der Waals surface area contributed by atoms with Gasteiger partial charge in [-0.3, -0.25) is 4.72 Å². The van der Waals surface area contributed by atoms with Crippen molar-refractivity contribution in [3.05, 3.63) is 64.3 Å². The molecule has 0 aliphatic rings. The molecule has 0 bridgehead atoms. The highest BCUT2D eigenvalue weighted by atomic mass is 35.5. The number of ether oxygens (including phenoxy) is 2. The second-order valence-corrected chi connectivity index (χ2v) is 8.81. The van der Waals surface area contributed by atoms with Gasteiger partial charge in [0.25, 0.3) is 10.0 Å². The molecule has 0 radical (unpaired) electrons. The maximum Gasteiger partial charge on any atom is 0.335 e. The molecule has 1 heterocycles. The lowest BCUT2D eigenvalue weighted by atomic mass is 10.0. The lowest BCUT2D eigenvalue weighted by molar-refractivity contribution is 0.0696.